The molecule has 5 rings (SSSR count). The van der Waals surface area contributed by atoms with E-state index in [0.717, 1.165) is 48.5 Å². The van der Waals surface area contributed by atoms with Gasteiger partial charge in [0.15, 0.2) is 5.82 Å². The first kappa shape index (κ1) is 25.0. The number of tetrazole rings is 1. The fourth-order valence-corrected chi connectivity index (χ4v) is 5.31. The van der Waals surface area contributed by atoms with Crippen LogP contribution in [0.5, 0.6) is 0 Å². The second-order valence-electron chi connectivity index (χ2n) is 10.0. The zero-order chi connectivity index (χ0) is 25.6. The van der Waals surface area contributed by atoms with Gasteiger partial charge in [-0.25, -0.2) is 14.8 Å². The van der Waals surface area contributed by atoms with Gasteiger partial charge in [-0.1, -0.05) is 51.7 Å². The molecule has 1 aliphatic carbocycles. The van der Waals surface area contributed by atoms with Gasteiger partial charge in [-0.15, -0.1) is 10.2 Å². The Morgan fingerprint density at radius 2 is 1.84 bits per heavy atom. The van der Waals surface area contributed by atoms with Crippen molar-refractivity contribution in [3.8, 4) is 17.2 Å². The molecule has 4 aromatic rings. The van der Waals surface area contributed by atoms with E-state index < -0.39 is 0 Å². The molecular formula is C28H36N8O. The van der Waals surface area contributed by atoms with Crippen molar-refractivity contribution in [2.75, 3.05) is 0 Å². The molecule has 9 nitrogen and oxygen atoms in total. The fourth-order valence-electron chi connectivity index (χ4n) is 5.31. The van der Waals surface area contributed by atoms with Crippen molar-refractivity contribution < 1.29 is 4.79 Å². The summed E-state index contributed by atoms with van der Waals surface area (Å²) in [4.78, 5) is 17.0. The van der Waals surface area contributed by atoms with Gasteiger partial charge in [-0.3, -0.25) is 4.79 Å². The zero-order valence-electron chi connectivity index (χ0n) is 21.9. The molecular weight excluding hydrogens is 464 g/mol. The number of aromatic nitrogens is 8. The van der Waals surface area contributed by atoms with Crippen LogP contribution in [-0.4, -0.2) is 45.7 Å². The average Bonchev–Trinajstić information content (AvgIpc) is 3.68. The van der Waals surface area contributed by atoms with Crippen LogP contribution in [-0.2, 0) is 13.0 Å². The lowest BCUT2D eigenvalue weighted by Gasteiger charge is -2.24. The van der Waals surface area contributed by atoms with Crippen LogP contribution in [0.3, 0.4) is 0 Å². The number of benzene rings is 1. The Kier molecular flexibility index (Phi) is 7.87. The maximum Gasteiger partial charge on any atom is 0.217 e. The summed E-state index contributed by atoms with van der Waals surface area (Å²) in [7, 11) is 0. The molecule has 1 N–H and O–H groups in total. The van der Waals surface area contributed by atoms with Crippen molar-refractivity contribution in [2.45, 2.75) is 90.5 Å². The number of rotatable bonds is 11. The molecule has 0 bridgehead atoms. The molecule has 0 unspecified atom stereocenters. The number of nitrogens with zero attached hydrogens (tertiary/aromatic N) is 7. The van der Waals surface area contributed by atoms with E-state index in [1.165, 1.54) is 37.8 Å². The number of unbranched alkanes of at least 4 members (excludes halogenated alkanes) is 1. The van der Waals surface area contributed by atoms with Crippen molar-refractivity contribution in [2.24, 2.45) is 0 Å². The largest absolute Gasteiger partial charge is 0.310 e. The van der Waals surface area contributed by atoms with Crippen LogP contribution in [0, 0.1) is 0 Å². The van der Waals surface area contributed by atoms with Gasteiger partial charge in [0.2, 0.25) is 11.6 Å². The highest BCUT2D eigenvalue weighted by molar-refractivity contribution is 5.92. The van der Waals surface area contributed by atoms with E-state index in [-0.39, 0.29) is 5.78 Å². The first-order chi connectivity index (χ1) is 18.2. The molecule has 1 aromatic carbocycles. The molecule has 0 atom stereocenters. The molecule has 0 aliphatic heterocycles. The maximum atomic E-state index is 12.4. The van der Waals surface area contributed by atoms with Crippen molar-refractivity contribution in [3.63, 3.8) is 0 Å². The van der Waals surface area contributed by atoms with Crippen molar-refractivity contribution in [1.29, 1.82) is 0 Å². The number of carbonyl (C=O) groups excluding carboxylic acids is 1. The van der Waals surface area contributed by atoms with E-state index in [1.807, 2.05) is 11.6 Å². The SMILES string of the molecule is CCCCc1nc(C(=O)CCC)nn1Cc1ccc(-n2c(-c3nnn[nH]3)ccc2C2CCCCC2)cc1. The van der Waals surface area contributed by atoms with Crippen LogP contribution >= 0.6 is 0 Å². The Balaban J connectivity index is 1.44. The van der Waals surface area contributed by atoms with Gasteiger partial charge in [0, 0.05) is 24.2 Å². The van der Waals surface area contributed by atoms with Crippen molar-refractivity contribution in [1.82, 2.24) is 40.0 Å². The Bertz CT molecular complexity index is 1300. The number of hydrogen-bond acceptors (Lipinski definition) is 6. The lowest BCUT2D eigenvalue weighted by Crippen LogP contribution is -2.11. The van der Waals surface area contributed by atoms with Crippen LogP contribution < -0.4 is 0 Å². The van der Waals surface area contributed by atoms with Crippen molar-refractivity contribution >= 4 is 5.78 Å². The third-order valence-corrected chi connectivity index (χ3v) is 7.28. The summed E-state index contributed by atoms with van der Waals surface area (Å²) in [6.07, 6.45) is 10.5. The smallest absolute Gasteiger partial charge is 0.217 e. The Hall–Kier alpha value is -3.62. The number of nitrogens with one attached hydrogen (secondary N) is 1. The predicted molar refractivity (Wildman–Crippen MR) is 142 cm³/mol. The van der Waals surface area contributed by atoms with E-state index in [2.05, 4.69) is 78.6 Å². The van der Waals surface area contributed by atoms with Crippen LogP contribution in [0.25, 0.3) is 17.2 Å². The van der Waals surface area contributed by atoms with Gasteiger partial charge >= 0.3 is 0 Å². The summed E-state index contributed by atoms with van der Waals surface area (Å²) in [5, 5.41) is 19.3. The molecule has 194 valence electrons. The molecule has 1 aliphatic rings. The number of hydrogen-bond donors (Lipinski definition) is 1. The zero-order valence-corrected chi connectivity index (χ0v) is 21.9. The highest BCUT2D eigenvalue weighted by atomic mass is 16.1. The number of carbonyl (C=O) groups is 1. The molecule has 0 amide bonds. The van der Waals surface area contributed by atoms with Gasteiger partial charge in [0.1, 0.15) is 5.82 Å². The number of aryl methyl sites for hydroxylation is 1. The van der Waals surface area contributed by atoms with Gasteiger partial charge < -0.3 is 4.57 Å². The minimum Gasteiger partial charge on any atom is -0.310 e. The quantitative estimate of drug-likeness (QED) is 0.266. The fraction of sp³-hybridized carbons (Fsp3) is 0.500. The predicted octanol–water partition coefficient (Wildman–Crippen LogP) is 5.67. The minimum absolute atomic E-state index is 0.0200. The van der Waals surface area contributed by atoms with Crippen LogP contribution in [0.2, 0.25) is 0 Å². The van der Waals surface area contributed by atoms with E-state index in [1.54, 1.807) is 0 Å². The van der Waals surface area contributed by atoms with Gasteiger partial charge in [0.25, 0.3) is 0 Å². The highest BCUT2D eigenvalue weighted by Crippen LogP contribution is 2.37. The summed E-state index contributed by atoms with van der Waals surface area (Å²) < 4.78 is 4.20. The molecule has 0 saturated heterocycles. The molecule has 37 heavy (non-hydrogen) atoms. The molecule has 1 saturated carbocycles. The monoisotopic (exact) mass is 500 g/mol. The number of aromatic amines is 1. The first-order valence-electron chi connectivity index (χ1n) is 13.7. The summed E-state index contributed by atoms with van der Waals surface area (Å²) in [6.45, 7) is 4.75. The van der Waals surface area contributed by atoms with Crippen LogP contribution in [0.15, 0.2) is 36.4 Å². The third-order valence-electron chi connectivity index (χ3n) is 7.28. The molecule has 3 aromatic heterocycles. The summed E-state index contributed by atoms with van der Waals surface area (Å²) >= 11 is 0. The second-order valence-corrected chi connectivity index (χ2v) is 10.0. The average molecular weight is 501 g/mol. The Labute approximate surface area is 217 Å². The van der Waals surface area contributed by atoms with Crippen molar-refractivity contribution in [3.05, 3.63) is 59.3 Å². The summed E-state index contributed by atoms with van der Waals surface area (Å²) in [6, 6.07) is 12.9. The van der Waals surface area contributed by atoms with Gasteiger partial charge in [0.05, 0.1) is 12.2 Å². The number of Topliss-reactive ketones (excluding diaryl/α,β-unsaturated/α-hetero) is 1. The van der Waals surface area contributed by atoms with E-state index in [0.29, 0.717) is 30.5 Å². The van der Waals surface area contributed by atoms with E-state index in [9.17, 15) is 4.79 Å². The second kappa shape index (κ2) is 11.6. The summed E-state index contributed by atoms with van der Waals surface area (Å²) in [5.74, 6) is 2.45. The maximum absolute atomic E-state index is 12.4. The minimum atomic E-state index is 0.0200. The Morgan fingerprint density at radius 1 is 1.03 bits per heavy atom. The summed E-state index contributed by atoms with van der Waals surface area (Å²) in [5.41, 5.74) is 4.49. The standard InChI is InChI=1S/C28H36N8O/c1-3-5-12-26-29-28(25(37)9-4-2)32-35(26)19-20-13-15-22(16-14-20)36-23(21-10-7-6-8-11-21)17-18-24(36)27-30-33-34-31-27/h13-18,21H,3-12,19H2,1-2H3,(H,30,31,33,34). The molecule has 1 fully saturated rings. The van der Waals surface area contributed by atoms with Gasteiger partial charge in [-0.05, 0) is 71.9 Å². The van der Waals surface area contributed by atoms with Crippen LogP contribution in [0.4, 0.5) is 0 Å². The number of ketones is 1. The topological polar surface area (TPSA) is 107 Å². The Morgan fingerprint density at radius 3 is 2.54 bits per heavy atom. The molecule has 0 radical (unpaired) electrons. The number of H-pyrrole nitrogens is 1. The van der Waals surface area contributed by atoms with Gasteiger partial charge in [-0.2, -0.15) is 0 Å². The lowest BCUT2D eigenvalue weighted by molar-refractivity contribution is 0.0971. The van der Waals surface area contributed by atoms with E-state index in [4.69, 9.17) is 0 Å². The normalized spacial score (nSPS) is 14.3. The molecule has 3 heterocycles. The van der Waals surface area contributed by atoms with E-state index >= 15 is 0 Å². The molecule has 0 spiro atoms. The third kappa shape index (κ3) is 5.55. The van der Waals surface area contributed by atoms with Crippen LogP contribution in [0.1, 0.15) is 105 Å². The first-order valence-corrected chi connectivity index (χ1v) is 13.7. The highest BCUT2D eigenvalue weighted by Gasteiger charge is 2.23. The molecule has 9 heteroatoms. The lowest BCUT2D eigenvalue weighted by atomic mass is 9.87.